The number of fused-ring (bicyclic) bond motifs is 3. The van der Waals surface area contributed by atoms with Crippen LogP contribution in [0.15, 0.2) is 65.2 Å². The molecule has 1 saturated carbocycles. The van der Waals surface area contributed by atoms with Crippen molar-refractivity contribution in [2.24, 2.45) is 5.92 Å². The van der Waals surface area contributed by atoms with Crippen LogP contribution in [-0.4, -0.2) is 30.1 Å². The van der Waals surface area contributed by atoms with Gasteiger partial charge in [-0.15, -0.1) is 0 Å². The second-order valence-electron chi connectivity index (χ2n) is 7.75. The highest BCUT2D eigenvalue weighted by atomic mass is 16.5. The molecule has 2 aromatic carbocycles. The normalized spacial score (nSPS) is 22.4. The highest BCUT2D eigenvalue weighted by Gasteiger charge is 2.51. The smallest absolute Gasteiger partial charge is 0.274 e. The number of nitrogens with zero attached hydrogens (tertiary/aromatic N) is 2. The molecular weight excluding hydrogens is 366 g/mol. The molecule has 6 nitrogen and oxygen atoms in total. The van der Waals surface area contributed by atoms with Crippen LogP contribution in [0.5, 0.6) is 0 Å². The Balaban J connectivity index is 1.32. The second kappa shape index (κ2) is 6.88. The van der Waals surface area contributed by atoms with Crippen LogP contribution in [0.1, 0.15) is 39.7 Å². The van der Waals surface area contributed by atoms with E-state index in [1.165, 1.54) is 5.56 Å². The van der Waals surface area contributed by atoms with E-state index in [1.54, 1.807) is 18.0 Å². The van der Waals surface area contributed by atoms with Gasteiger partial charge in [0.05, 0.1) is 0 Å². The maximum atomic E-state index is 13.0. The highest BCUT2D eigenvalue weighted by Crippen LogP contribution is 2.54. The zero-order valence-corrected chi connectivity index (χ0v) is 16.0. The fourth-order valence-electron chi connectivity index (χ4n) is 4.24. The van der Waals surface area contributed by atoms with Gasteiger partial charge < -0.3 is 14.7 Å². The van der Waals surface area contributed by atoms with Gasteiger partial charge in [-0.2, -0.15) is 0 Å². The number of para-hydroxylation sites is 1. The molecule has 1 N–H and O–H groups in total. The van der Waals surface area contributed by atoms with Gasteiger partial charge in [0.25, 0.3) is 5.91 Å². The van der Waals surface area contributed by atoms with Crippen LogP contribution >= 0.6 is 0 Å². The van der Waals surface area contributed by atoms with Gasteiger partial charge in [0, 0.05) is 25.2 Å². The highest BCUT2D eigenvalue weighted by molar-refractivity contribution is 6.03. The Labute approximate surface area is 168 Å². The molecule has 0 saturated heterocycles. The van der Waals surface area contributed by atoms with Crippen LogP contribution in [0.3, 0.4) is 0 Å². The van der Waals surface area contributed by atoms with Crippen molar-refractivity contribution in [3.05, 3.63) is 83.2 Å². The number of likely N-dealkylation sites (N-methyl/N-ethyl adjacent to an activating group) is 1. The maximum Gasteiger partial charge on any atom is 0.274 e. The number of rotatable bonds is 4. The molecule has 0 radical (unpaired) electrons. The molecular formula is C23H21N3O3. The number of carbonyl (C=O) groups is 2. The SMILES string of the molecule is CN1C(=O)C(NC(=O)c2cc(Cc3ccccc3)on2)C2CC2c2ccccc21. The quantitative estimate of drug-likeness (QED) is 0.746. The zero-order valence-electron chi connectivity index (χ0n) is 16.0. The third-order valence-electron chi connectivity index (χ3n) is 5.86. The molecule has 2 aliphatic rings. The fraction of sp³-hybridized carbons (Fsp3) is 0.261. The Kier molecular flexibility index (Phi) is 4.19. The van der Waals surface area contributed by atoms with Crippen molar-refractivity contribution in [1.29, 1.82) is 0 Å². The lowest BCUT2D eigenvalue weighted by Gasteiger charge is -2.23. The van der Waals surface area contributed by atoms with E-state index in [2.05, 4.69) is 16.5 Å². The van der Waals surface area contributed by atoms with Crippen molar-refractivity contribution in [3.63, 3.8) is 0 Å². The van der Waals surface area contributed by atoms with E-state index in [0.29, 0.717) is 18.1 Å². The number of amides is 2. The lowest BCUT2D eigenvalue weighted by atomic mass is 10.1. The molecule has 3 unspecified atom stereocenters. The van der Waals surface area contributed by atoms with Crippen molar-refractivity contribution in [2.45, 2.75) is 24.8 Å². The van der Waals surface area contributed by atoms with Gasteiger partial charge in [-0.1, -0.05) is 53.7 Å². The van der Waals surface area contributed by atoms with Crippen molar-refractivity contribution in [3.8, 4) is 0 Å². The van der Waals surface area contributed by atoms with Crippen LogP contribution < -0.4 is 10.2 Å². The van der Waals surface area contributed by atoms with Crippen molar-refractivity contribution in [1.82, 2.24) is 10.5 Å². The van der Waals surface area contributed by atoms with Gasteiger partial charge in [0.15, 0.2) is 5.69 Å². The average Bonchev–Trinajstić information content (AvgIpc) is 3.41. The summed E-state index contributed by atoms with van der Waals surface area (Å²) in [6.07, 6.45) is 1.46. The van der Waals surface area contributed by atoms with Gasteiger partial charge in [0.1, 0.15) is 11.8 Å². The minimum Gasteiger partial charge on any atom is -0.360 e. The standard InChI is InChI=1S/C23H21N3O3/c1-26-20-10-6-5-9-16(20)17-13-18(17)21(23(26)28)24-22(27)19-12-15(29-25-19)11-14-7-3-2-4-8-14/h2-10,12,17-18,21H,11,13H2,1H3,(H,24,27). The zero-order chi connectivity index (χ0) is 20.0. The van der Waals surface area contributed by atoms with E-state index in [9.17, 15) is 9.59 Å². The molecule has 1 aliphatic carbocycles. The Morgan fingerprint density at radius 2 is 1.93 bits per heavy atom. The molecule has 1 aromatic heterocycles. The molecule has 0 bridgehead atoms. The first kappa shape index (κ1) is 17.7. The maximum absolute atomic E-state index is 13.0. The molecule has 0 spiro atoms. The topological polar surface area (TPSA) is 75.4 Å². The van der Waals surface area contributed by atoms with Crippen molar-refractivity contribution in [2.75, 3.05) is 11.9 Å². The van der Waals surface area contributed by atoms with Crippen LogP contribution in [0.25, 0.3) is 0 Å². The minimum absolute atomic E-state index is 0.0937. The summed E-state index contributed by atoms with van der Waals surface area (Å²) in [5.74, 6) is 0.562. The monoisotopic (exact) mass is 387 g/mol. The predicted octanol–water partition coefficient (Wildman–Crippen LogP) is 3.14. The molecule has 146 valence electrons. The van der Waals surface area contributed by atoms with E-state index in [1.807, 2.05) is 48.5 Å². The average molecular weight is 387 g/mol. The van der Waals surface area contributed by atoms with Crippen LogP contribution in [0.4, 0.5) is 5.69 Å². The van der Waals surface area contributed by atoms with Crippen LogP contribution in [0.2, 0.25) is 0 Å². The van der Waals surface area contributed by atoms with E-state index in [0.717, 1.165) is 17.7 Å². The largest absolute Gasteiger partial charge is 0.360 e. The molecule has 1 fully saturated rings. The summed E-state index contributed by atoms with van der Waals surface area (Å²) in [7, 11) is 1.76. The molecule has 3 atom stereocenters. The van der Waals surface area contributed by atoms with Gasteiger partial charge in [-0.3, -0.25) is 9.59 Å². The number of hydrogen-bond donors (Lipinski definition) is 1. The predicted molar refractivity (Wildman–Crippen MR) is 108 cm³/mol. The molecule has 2 heterocycles. The summed E-state index contributed by atoms with van der Waals surface area (Å²) in [6.45, 7) is 0. The Morgan fingerprint density at radius 3 is 2.76 bits per heavy atom. The van der Waals surface area contributed by atoms with Gasteiger partial charge in [-0.25, -0.2) is 0 Å². The minimum atomic E-state index is -0.556. The van der Waals surface area contributed by atoms with Crippen LogP contribution in [-0.2, 0) is 11.2 Å². The first-order valence-corrected chi connectivity index (χ1v) is 9.78. The van der Waals surface area contributed by atoms with Gasteiger partial charge >= 0.3 is 0 Å². The summed E-state index contributed by atoms with van der Waals surface area (Å²) in [4.78, 5) is 27.5. The number of carbonyl (C=O) groups excluding carboxylic acids is 2. The second-order valence-corrected chi connectivity index (χ2v) is 7.75. The lowest BCUT2D eigenvalue weighted by Crippen LogP contribution is -2.48. The summed E-state index contributed by atoms with van der Waals surface area (Å²) in [5, 5.41) is 6.82. The first-order chi connectivity index (χ1) is 14.1. The van der Waals surface area contributed by atoms with Gasteiger partial charge in [0.2, 0.25) is 5.91 Å². The molecule has 29 heavy (non-hydrogen) atoms. The summed E-state index contributed by atoms with van der Waals surface area (Å²) < 4.78 is 5.33. The number of benzene rings is 2. The number of aromatic nitrogens is 1. The number of hydrogen-bond acceptors (Lipinski definition) is 4. The summed E-state index contributed by atoms with van der Waals surface area (Å²) >= 11 is 0. The summed E-state index contributed by atoms with van der Waals surface area (Å²) in [6, 6.07) is 18.9. The lowest BCUT2D eigenvalue weighted by molar-refractivity contribution is -0.120. The third-order valence-corrected chi connectivity index (χ3v) is 5.86. The Hall–Kier alpha value is -3.41. The third kappa shape index (κ3) is 3.20. The molecule has 3 aromatic rings. The van der Waals surface area contributed by atoms with Crippen molar-refractivity contribution < 1.29 is 14.1 Å². The van der Waals surface area contributed by atoms with E-state index in [-0.39, 0.29) is 23.4 Å². The first-order valence-electron chi connectivity index (χ1n) is 9.78. The molecule has 1 aliphatic heterocycles. The van der Waals surface area contributed by atoms with E-state index < -0.39 is 6.04 Å². The molecule has 5 rings (SSSR count). The van der Waals surface area contributed by atoms with E-state index in [4.69, 9.17) is 4.52 Å². The van der Waals surface area contributed by atoms with E-state index >= 15 is 0 Å². The molecule has 6 heteroatoms. The van der Waals surface area contributed by atoms with Gasteiger partial charge in [-0.05, 0) is 35.4 Å². The summed E-state index contributed by atoms with van der Waals surface area (Å²) in [5.41, 5.74) is 3.38. The molecule has 2 amide bonds. The fourth-order valence-corrected chi connectivity index (χ4v) is 4.24. The number of anilines is 1. The number of nitrogens with one attached hydrogen (secondary N) is 1. The van der Waals surface area contributed by atoms with Crippen molar-refractivity contribution >= 4 is 17.5 Å². The van der Waals surface area contributed by atoms with Crippen LogP contribution in [0, 0.1) is 5.92 Å². The Bertz CT molecular complexity index is 1080. The Morgan fingerprint density at radius 1 is 1.17 bits per heavy atom.